The topological polar surface area (TPSA) is 69.1 Å². The van der Waals surface area contributed by atoms with E-state index in [1.54, 1.807) is 20.5 Å². The van der Waals surface area contributed by atoms with Gasteiger partial charge in [0.15, 0.2) is 0 Å². The predicted molar refractivity (Wildman–Crippen MR) is 438 cm³/mol. The first-order valence-corrected chi connectivity index (χ1v) is 43.4. The molecule has 0 spiro atoms. The Kier molecular flexibility index (Phi) is 48.5. The molecule has 2 aliphatic rings. The van der Waals surface area contributed by atoms with Gasteiger partial charge in [-0.1, -0.05) is 188 Å². The fraction of sp³-hybridized carbons (Fsp3) is 0.660. The molecule has 0 fully saturated rings. The van der Waals surface area contributed by atoms with Crippen LogP contribution in [0.25, 0.3) is 33.9 Å². The summed E-state index contributed by atoms with van der Waals surface area (Å²) < 4.78 is 13.6. The van der Waals surface area contributed by atoms with Crippen LogP contribution in [-0.4, -0.2) is 22.6 Å². The van der Waals surface area contributed by atoms with E-state index in [-0.39, 0.29) is 16.5 Å². The average molecular weight is 1490 g/mol. The number of rotatable bonds is 50. The molecule has 0 aromatic heterocycles. The van der Waals surface area contributed by atoms with Crippen molar-refractivity contribution in [1.29, 1.82) is 0 Å². The van der Waals surface area contributed by atoms with Crippen LogP contribution in [0.2, 0.25) is 0 Å². The van der Waals surface area contributed by atoms with E-state index in [0.717, 1.165) is 192 Å². The molecule has 0 bridgehead atoms. The van der Waals surface area contributed by atoms with E-state index in [0.29, 0.717) is 0 Å². The third-order valence-electron chi connectivity index (χ3n) is 21.4. The van der Waals surface area contributed by atoms with Gasteiger partial charge in [0.05, 0.1) is 0 Å². The summed E-state index contributed by atoms with van der Waals surface area (Å²) in [5.74, 6) is 0. The van der Waals surface area contributed by atoms with Crippen molar-refractivity contribution in [2.75, 3.05) is 13.2 Å². The third-order valence-corrected chi connectivity index (χ3v) is 22.0. The molecule has 6 nitrogen and oxygen atoms in total. The molecule has 102 heavy (non-hydrogen) atoms. The molecule has 0 atom stereocenters. The zero-order chi connectivity index (χ0) is 73.9. The molecule has 6 rings (SSSR count). The normalized spacial score (nSPS) is 13.1. The molecule has 0 amide bonds. The van der Waals surface area contributed by atoms with Crippen molar-refractivity contribution < 1.29 is 48.7 Å². The van der Waals surface area contributed by atoms with Gasteiger partial charge in [-0.15, -0.1) is 0 Å². The van der Waals surface area contributed by atoms with Crippen LogP contribution >= 0.6 is 0 Å². The van der Waals surface area contributed by atoms with Gasteiger partial charge in [0.1, 0.15) is 0 Å². The van der Waals surface area contributed by atoms with Crippen LogP contribution in [0.1, 0.15) is 406 Å². The van der Waals surface area contributed by atoms with Crippen LogP contribution < -0.4 is 0 Å². The fourth-order valence-electron chi connectivity index (χ4n) is 15.4. The summed E-state index contributed by atoms with van der Waals surface area (Å²) in [7, 11) is 0. The quantitative estimate of drug-likeness (QED) is 0.0251. The van der Waals surface area contributed by atoms with E-state index in [9.17, 15) is 11.1 Å². The van der Waals surface area contributed by atoms with Crippen molar-refractivity contribution >= 4 is 22.8 Å². The van der Waals surface area contributed by atoms with Gasteiger partial charge in [0.25, 0.3) is 0 Å². The van der Waals surface area contributed by atoms with Crippen molar-refractivity contribution in [3.8, 4) is 0 Å². The minimum absolute atomic E-state index is 0. The minimum Gasteiger partial charge on any atom is 0 e. The molecule has 4 aromatic rings. The van der Waals surface area contributed by atoms with Crippen LogP contribution in [0.4, 0.5) is 0 Å². The molecule has 0 N–H and O–H groups in total. The second kappa shape index (κ2) is 53.7. The summed E-state index contributed by atoms with van der Waals surface area (Å²) in [6, 6.07) is 19.6. The maximum atomic E-state index is 12.8. The molecule has 0 unspecified atom stereocenters. The summed E-state index contributed by atoms with van der Waals surface area (Å²) in [6.07, 6.45) is 48.3. The van der Waals surface area contributed by atoms with Gasteiger partial charge in [-0.3, -0.25) is 0 Å². The Hall–Kier alpha value is -4.05. The average Bonchev–Trinajstić information content (AvgIpc) is 1.60. The van der Waals surface area contributed by atoms with E-state index in [4.69, 9.17) is 7.76 Å². The predicted octanol–water partition coefficient (Wildman–Crippen LogP) is 29.2. The van der Waals surface area contributed by atoms with Crippen LogP contribution in [-0.2, 0) is 116 Å². The van der Waals surface area contributed by atoms with E-state index in [1.165, 1.54) is 229 Å². The van der Waals surface area contributed by atoms with Gasteiger partial charge in [0, 0.05) is 61.0 Å². The van der Waals surface area contributed by atoms with E-state index in [2.05, 4.69) is 173 Å². The van der Waals surface area contributed by atoms with Gasteiger partial charge in [-0.25, -0.2) is 9.39 Å². The van der Waals surface area contributed by atoms with Gasteiger partial charge in [-0.05, 0) is 282 Å². The smallest absolute Gasteiger partial charge is 0 e. The SMILES string of the molecule is CCCCC1=C(c2cc(CC)c(CC)c(CC)c2)[N+](=[N-])C(c2cc(CC)c(CC)c(CC)c2)=C1CCCC.CCCCCCC1=C(c2cc(CCCC)c(CCCC)c(CCCC)c2)[N+](=[N-])C(c2cc(CCCC)c(CCCC)c(CCCC)c2)=C1CCCC.CCCC[O][Ni][O]CCCC.[Ni]. The number of unbranched alkanes of at least 4 members (excludes halogenated alkanes) is 14. The summed E-state index contributed by atoms with van der Waals surface area (Å²) in [5, 5.41) is 0. The number of nitrogens with zero attached hydrogens (tertiary/aromatic N) is 4. The summed E-state index contributed by atoms with van der Waals surface area (Å²) in [4.78, 5) is 0. The van der Waals surface area contributed by atoms with E-state index >= 15 is 0 Å². The van der Waals surface area contributed by atoms with Crippen LogP contribution in [0, 0.1) is 0 Å². The fourth-order valence-corrected chi connectivity index (χ4v) is 16.0. The zero-order valence-electron chi connectivity index (χ0n) is 69.0. The third kappa shape index (κ3) is 27.3. The van der Waals surface area contributed by atoms with Gasteiger partial charge in [0.2, 0.25) is 22.8 Å². The maximum absolute atomic E-state index is 12.8. The monoisotopic (exact) mass is 1480 g/mol. The molecule has 2 aliphatic heterocycles. The van der Waals surface area contributed by atoms with E-state index in [1.807, 2.05) is 0 Å². The zero-order valence-corrected chi connectivity index (χ0v) is 70.9. The molecule has 8 heteroatoms. The molecule has 0 aliphatic carbocycles. The van der Waals surface area contributed by atoms with Crippen molar-refractivity contribution in [3.05, 3.63) is 171 Å². The van der Waals surface area contributed by atoms with Gasteiger partial charge >= 0.3 is 75.6 Å². The second-order valence-corrected chi connectivity index (χ2v) is 30.0. The standard InChI is InChI=1S/C50H80N2.C36H52N2.2C4H9O.2Ni/c1-9-17-25-26-34-48-47(33-24-16-8)49(43-35-39(27-18-10-2)45(31-22-14-6)40(36-43)28-19-11-3)52(51)50(48)44-37-41(29-20-12-4)46(32-23-15-7)42(38-44)30-21-13-5;1-9-17-19-33-34(20-18-10-2)36(30-23-27(13-5)32(16-8)28(14-6)24-30)38(37)35(33)29-21-25(11-3)31(15-7)26(12-4)22-29;2*1-2-3-4-5;;/h35-38H,9-34H2,1-8H3;21-24H,9-20H2,1-8H3;2*2-4H2,1H3;;/q;;2*-1;;+2. The molecule has 0 saturated heterocycles. The number of aryl methyl sites for hydroxylation is 8. The number of hydrogen-bond acceptors (Lipinski definition) is 2. The Bertz CT molecular complexity index is 3040. The summed E-state index contributed by atoms with van der Waals surface area (Å²) in [5.41, 5.74) is 57.7. The van der Waals surface area contributed by atoms with Crippen molar-refractivity contribution in [3.63, 3.8) is 0 Å². The second-order valence-electron chi connectivity index (χ2n) is 29.2. The number of allylic oxidation sites excluding steroid dienone is 4. The molecule has 2 heterocycles. The van der Waals surface area contributed by atoms with Crippen LogP contribution in [0.5, 0.6) is 0 Å². The van der Waals surface area contributed by atoms with Crippen molar-refractivity contribution in [1.82, 2.24) is 0 Å². The van der Waals surface area contributed by atoms with Crippen LogP contribution in [0.3, 0.4) is 0 Å². The summed E-state index contributed by atoms with van der Waals surface area (Å²) in [6.45, 7) is 42.6. The van der Waals surface area contributed by atoms with Gasteiger partial charge < -0.3 is 11.1 Å². The summed E-state index contributed by atoms with van der Waals surface area (Å²) >= 11 is 0.968. The van der Waals surface area contributed by atoms with Crippen LogP contribution in [0.15, 0.2) is 70.8 Å². The Morgan fingerprint density at radius 2 is 0.471 bits per heavy atom. The molecule has 0 radical (unpaired) electrons. The van der Waals surface area contributed by atoms with Crippen molar-refractivity contribution in [2.45, 2.75) is 394 Å². The molecular weight excluding hydrogens is 1330 g/mol. The first kappa shape index (κ1) is 92.2. The molecule has 4 aromatic carbocycles. The minimum atomic E-state index is 0. The van der Waals surface area contributed by atoms with E-state index < -0.39 is 0 Å². The van der Waals surface area contributed by atoms with Gasteiger partial charge in [-0.2, -0.15) is 0 Å². The largest absolute Gasteiger partial charge is 0 e. The Morgan fingerprint density at radius 3 is 0.706 bits per heavy atom. The number of benzene rings is 4. The Balaban J connectivity index is 0.000000472. The molecule has 0 saturated carbocycles. The number of hydrogen-bond donors (Lipinski definition) is 0. The molecular formula is C94H150N4Ni2O2. The Labute approximate surface area is 645 Å². The Morgan fingerprint density at radius 1 is 0.245 bits per heavy atom. The first-order valence-electron chi connectivity index (χ1n) is 42.6. The molecule has 578 valence electrons. The first-order chi connectivity index (χ1) is 49.3. The maximum Gasteiger partial charge on any atom is 0 e. The van der Waals surface area contributed by atoms with Crippen molar-refractivity contribution in [2.24, 2.45) is 0 Å².